The molecule has 10 nitrogen and oxygen atoms in total. The Morgan fingerprint density at radius 1 is 0.765 bits per heavy atom. The maximum atomic E-state index is 12.3. The van der Waals surface area contributed by atoms with Crippen molar-refractivity contribution in [1.29, 1.82) is 0 Å². The predicted octanol–water partition coefficient (Wildman–Crippen LogP) is 2.75. The largest absolute Gasteiger partial charge is 0.360 e. The molecule has 0 saturated heterocycles. The fraction of sp³-hybridized carbons (Fsp3) is 0.227. The van der Waals surface area contributed by atoms with Crippen molar-refractivity contribution >= 4 is 31.9 Å². The number of carbonyl (C=O) groups is 2. The summed E-state index contributed by atoms with van der Waals surface area (Å²) in [6.07, 6.45) is 0.0651. The average Bonchev–Trinajstić information content (AvgIpc) is 3.19. The van der Waals surface area contributed by atoms with Gasteiger partial charge in [-0.2, -0.15) is 0 Å². The highest BCUT2D eigenvalue weighted by Gasteiger charge is 2.21. The first-order valence-electron chi connectivity index (χ1n) is 10.3. The average molecular weight is 506 g/mol. The lowest BCUT2D eigenvalue weighted by Gasteiger charge is -2.08. The Balaban J connectivity index is 1.93. The SMILES string of the molecule is CCC(=O)NS(=O)(=O)c1ccc(-c2noc(C)c2-c2ccc(S(=O)(=O)NC(=O)CC)cc2)cc1. The molecule has 1 heterocycles. The lowest BCUT2D eigenvalue weighted by molar-refractivity contribution is -0.119. The maximum Gasteiger partial charge on any atom is 0.264 e. The van der Waals surface area contributed by atoms with Gasteiger partial charge in [-0.3, -0.25) is 9.59 Å². The number of aromatic nitrogens is 1. The van der Waals surface area contributed by atoms with E-state index >= 15 is 0 Å². The predicted molar refractivity (Wildman–Crippen MR) is 123 cm³/mol. The second-order valence-corrected chi connectivity index (χ2v) is 10.6. The fourth-order valence-electron chi connectivity index (χ4n) is 3.06. The minimum Gasteiger partial charge on any atom is -0.360 e. The summed E-state index contributed by atoms with van der Waals surface area (Å²) < 4.78 is 58.5. The summed E-state index contributed by atoms with van der Waals surface area (Å²) >= 11 is 0. The summed E-state index contributed by atoms with van der Waals surface area (Å²) in [4.78, 5) is 22.8. The normalized spacial score (nSPS) is 11.7. The van der Waals surface area contributed by atoms with Crippen LogP contribution in [0.5, 0.6) is 0 Å². The second kappa shape index (κ2) is 9.77. The number of amides is 2. The van der Waals surface area contributed by atoms with Crippen LogP contribution in [-0.4, -0.2) is 33.8 Å². The van der Waals surface area contributed by atoms with E-state index in [9.17, 15) is 26.4 Å². The highest BCUT2D eigenvalue weighted by Crippen LogP contribution is 2.35. The van der Waals surface area contributed by atoms with Crippen LogP contribution >= 0.6 is 0 Å². The van der Waals surface area contributed by atoms with Gasteiger partial charge in [-0.05, 0) is 36.8 Å². The molecule has 0 fully saturated rings. The number of sulfonamides is 2. The Hall–Kier alpha value is -3.51. The molecule has 0 unspecified atom stereocenters. The van der Waals surface area contributed by atoms with Crippen LogP contribution in [0.2, 0.25) is 0 Å². The maximum absolute atomic E-state index is 12.3. The third kappa shape index (κ3) is 5.34. The van der Waals surface area contributed by atoms with Gasteiger partial charge in [0.2, 0.25) is 11.8 Å². The summed E-state index contributed by atoms with van der Waals surface area (Å²) in [6, 6.07) is 11.6. The molecule has 0 aliphatic rings. The topological polar surface area (TPSA) is 153 Å². The number of benzene rings is 2. The standard InChI is InChI=1S/C22H23N3O7S2/c1-4-19(26)24-33(28,29)17-10-6-15(7-11-17)21-14(3)32-23-22(21)16-8-12-18(13-9-16)34(30,31)25-20(27)5-2/h6-13H,4-5H2,1-3H3,(H,24,26)(H,25,27). The minimum atomic E-state index is -3.99. The number of nitrogens with one attached hydrogen (secondary N) is 2. The van der Waals surface area contributed by atoms with Gasteiger partial charge in [0.15, 0.2) is 0 Å². The van der Waals surface area contributed by atoms with Gasteiger partial charge in [-0.1, -0.05) is 43.3 Å². The quantitative estimate of drug-likeness (QED) is 0.474. The number of rotatable bonds is 8. The molecular formula is C22H23N3O7S2. The third-order valence-corrected chi connectivity index (χ3v) is 7.67. The fourth-order valence-corrected chi connectivity index (χ4v) is 5.18. The van der Waals surface area contributed by atoms with Crippen LogP contribution < -0.4 is 9.44 Å². The molecule has 2 amide bonds. The van der Waals surface area contributed by atoms with Gasteiger partial charge < -0.3 is 4.52 Å². The molecule has 0 radical (unpaired) electrons. The van der Waals surface area contributed by atoms with E-state index in [1.54, 1.807) is 32.9 Å². The smallest absolute Gasteiger partial charge is 0.264 e. The van der Waals surface area contributed by atoms with E-state index in [4.69, 9.17) is 4.52 Å². The minimum absolute atomic E-state index is 0.0317. The van der Waals surface area contributed by atoms with E-state index in [2.05, 4.69) is 5.16 Å². The molecule has 34 heavy (non-hydrogen) atoms. The number of hydrogen-bond acceptors (Lipinski definition) is 8. The van der Waals surface area contributed by atoms with Crippen LogP contribution in [0.1, 0.15) is 32.4 Å². The first-order chi connectivity index (χ1) is 16.0. The summed E-state index contributed by atoms with van der Waals surface area (Å²) in [5.41, 5.74) is 2.19. The monoisotopic (exact) mass is 505 g/mol. The zero-order chi connectivity index (χ0) is 25.1. The lowest BCUT2D eigenvalue weighted by atomic mass is 10.00. The molecule has 0 aliphatic heterocycles. The van der Waals surface area contributed by atoms with Crippen LogP contribution in [0.15, 0.2) is 62.8 Å². The third-order valence-electron chi connectivity index (χ3n) is 4.89. The lowest BCUT2D eigenvalue weighted by Crippen LogP contribution is -2.29. The van der Waals surface area contributed by atoms with Crippen molar-refractivity contribution in [2.75, 3.05) is 0 Å². The van der Waals surface area contributed by atoms with Crippen LogP contribution in [0.25, 0.3) is 22.4 Å². The molecular weight excluding hydrogens is 482 g/mol. The molecule has 3 rings (SSSR count). The summed E-state index contributed by atoms with van der Waals surface area (Å²) in [5, 5.41) is 4.07. The van der Waals surface area contributed by atoms with E-state index in [0.29, 0.717) is 28.1 Å². The molecule has 3 aromatic rings. The summed E-state index contributed by atoms with van der Waals surface area (Å²) in [5.74, 6) is -0.754. The van der Waals surface area contributed by atoms with E-state index < -0.39 is 31.9 Å². The van der Waals surface area contributed by atoms with Crippen LogP contribution in [0.3, 0.4) is 0 Å². The van der Waals surface area contributed by atoms with Crippen molar-refractivity contribution in [3.05, 3.63) is 54.3 Å². The molecule has 2 N–H and O–H groups in total. The van der Waals surface area contributed by atoms with Crippen LogP contribution in [0.4, 0.5) is 0 Å². The molecule has 0 bridgehead atoms. The number of aryl methyl sites for hydroxylation is 1. The molecule has 0 aliphatic carbocycles. The molecule has 1 aromatic heterocycles. The van der Waals surface area contributed by atoms with Crippen molar-refractivity contribution in [3.8, 4) is 22.4 Å². The van der Waals surface area contributed by atoms with Gasteiger partial charge in [0.1, 0.15) is 11.5 Å². The number of hydrogen-bond donors (Lipinski definition) is 2. The Labute approximate surface area is 197 Å². The van der Waals surface area contributed by atoms with Gasteiger partial charge in [0.05, 0.1) is 15.4 Å². The Morgan fingerprint density at radius 2 is 1.18 bits per heavy atom. The molecule has 180 valence electrons. The Morgan fingerprint density at radius 3 is 1.59 bits per heavy atom. The number of carbonyl (C=O) groups excluding carboxylic acids is 2. The van der Waals surface area contributed by atoms with Crippen molar-refractivity contribution in [3.63, 3.8) is 0 Å². The van der Waals surface area contributed by atoms with Gasteiger partial charge in [0, 0.05) is 18.4 Å². The first-order valence-corrected chi connectivity index (χ1v) is 13.2. The van der Waals surface area contributed by atoms with Crippen LogP contribution in [-0.2, 0) is 29.6 Å². The van der Waals surface area contributed by atoms with Gasteiger partial charge in [-0.15, -0.1) is 0 Å². The second-order valence-electron chi connectivity index (χ2n) is 7.28. The molecule has 0 saturated carbocycles. The van der Waals surface area contributed by atoms with Crippen molar-refractivity contribution < 1.29 is 30.9 Å². The van der Waals surface area contributed by atoms with Crippen LogP contribution in [0, 0.1) is 6.92 Å². The Bertz CT molecular complexity index is 1420. The highest BCUT2D eigenvalue weighted by atomic mass is 32.2. The van der Waals surface area contributed by atoms with E-state index in [-0.39, 0.29) is 22.6 Å². The van der Waals surface area contributed by atoms with E-state index in [1.165, 1.54) is 36.4 Å². The summed E-state index contributed by atoms with van der Waals surface area (Å²) in [7, 11) is -7.97. The highest BCUT2D eigenvalue weighted by molar-refractivity contribution is 7.90. The molecule has 0 spiro atoms. The number of nitrogens with zero attached hydrogens (tertiary/aromatic N) is 1. The molecule has 2 aromatic carbocycles. The van der Waals surface area contributed by atoms with Crippen molar-refractivity contribution in [1.82, 2.24) is 14.6 Å². The van der Waals surface area contributed by atoms with E-state index in [1.807, 2.05) is 9.44 Å². The van der Waals surface area contributed by atoms with Crippen molar-refractivity contribution in [2.45, 2.75) is 43.4 Å². The summed E-state index contributed by atoms with van der Waals surface area (Å²) in [6.45, 7) is 4.79. The first kappa shape index (κ1) is 25.1. The van der Waals surface area contributed by atoms with Gasteiger partial charge in [-0.25, -0.2) is 26.3 Å². The zero-order valence-corrected chi connectivity index (χ0v) is 20.3. The van der Waals surface area contributed by atoms with Crippen molar-refractivity contribution in [2.24, 2.45) is 0 Å². The molecule has 12 heteroatoms. The van der Waals surface area contributed by atoms with Gasteiger partial charge >= 0.3 is 0 Å². The zero-order valence-electron chi connectivity index (χ0n) is 18.7. The Kier molecular flexibility index (Phi) is 7.22. The van der Waals surface area contributed by atoms with Gasteiger partial charge in [0.25, 0.3) is 20.0 Å². The molecule has 0 atom stereocenters. The van der Waals surface area contributed by atoms with E-state index in [0.717, 1.165) is 0 Å².